The lowest BCUT2D eigenvalue weighted by Crippen LogP contribution is -2.51. The van der Waals surface area contributed by atoms with Gasteiger partial charge in [-0.1, -0.05) is 92.2 Å². The van der Waals surface area contributed by atoms with E-state index in [-0.39, 0.29) is 25.6 Å². The van der Waals surface area contributed by atoms with Gasteiger partial charge in [-0.25, -0.2) is 4.79 Å². The molecule has 3 aromatic rings. The fourth-order valence-electron chi connectivity index (χ4n) is 5.04. The van der Waals surface area contributed by atoms with E-state index < -0.39 is 42.4 Å². The Labute approximate surface area is 238 Å². The van der Waals surface area contributed by atoms with E-state index in [4.69, 9.17) is 9.47 Å². The van der Waals surface area contributed by atoms with Crippen LogP contribution in [0.5, 0.6) is 0 Å². The monoisotopic (exact) mass is 558 g/mol. The fraction of sp³-hybridized carbons (Fsp3) is 0.312. The number of carbonyl (C=O) groups is 4. The Kier molecular flexibility index (Phi) is 10.1. The van der Waals surface area contributed by atoms with E-state index in [1.807, 2.05) is 73.7 Å². The van der Waals surface area contributed by atoms with Crippen LogP contribution in [0, 0.1) is 0 Å². The van der Waals surface area contributed by atoms with Gasteiger partial charge in [0, 0.05) is 12.0 Å². The summed E-state index contributed by atoms with van der Waals surface area (Å²) in [4.78, 5) is 50.0. The van der Waals surface area contributed by atoms with Gasteiger partial charge in [-0.3, -0.25) is 14.4 Å². The molecule has 9 heteroatoms. The smallest absolute Gasteiger partial charge is 0.407 e. The SMILES string of the molecule is CCCC(CC(=O)O)NC(=O)[C@H](CC(=O)OCc1ccccc1)NC(=O)OCC1c2ccccc2-c2ccccc21. The van der Waals surface area contributed by atoms with Crippen LogP contribution in [0.15, 0.2) is 78.9 Å². The molecule has 0 saturated carbocycles. The Bertz CT molecular complexity index is 1330. The summed E-state index contributed by atoms with van der Waals surface area (Å²) in [6.45, 7) is 1.91. The third kappa shape index (κ3) is 7.94. The number of amides is 2. The predicted octanol–water partition coefficient (Wildman–Crippen LogP) is 4.79. The summed E-state index contributed by atoms with van der Waals surface area (Å²) in [5.74, 6) is -2.62. The van der Waals surface area contributed by atoms with Crippen LogP contribution < -0.4 is 10.6 Å². The second kappa shape index (κ2) is 14.1. The summed E-state index contributed by atoms with van der Waals surface area (Å²) in [6.07, 6.45) is -0.534. The molecular weight excluding hydrogens is 524 g/mol. The number of nitrogens with one attached hydrogen (secondary N) is 2. The molecule has 0 fully saturated rings. The van der Waals surface area contributed by atoms with E-state index in [9.17, 15) is 24.3 Å². The second-order valence-corrected chi connectivity index (χ2v) is 9.96. The van der Waals surface area contributed by atoms with Crippen LogP contribution in [-0.4, -0.2) is 47.7 Å². The number of carboxylic acid groups (broad SMARTS) is 1. The Balaban J connectivity index is 1.42. The molecule has 1 aliphatic rings. The minimum absolute atomic E-state index is 0.0103. The minimum Gasteiger partial charge on any atom is -0.481 e. The number of fused-ring (bicyclic) bond motifs is 3. The van der Waals surface area contributed by atoms with Gasteiger partial charge < -0.3 is 25.2 Å². The molecule has 9 nitrogen and oxygen atoms in total. The van der Waals surface area contributed by atoms with Crippen molar-refractivity contribution in [2.45, 2.75) is 57.2 Å². The highest BCUT2D eigenvalue weighted by Gasteiger charge is 2.31. The van der Waals surface area contributed by atoms with Gasteiger partial charge in [-0.15, -0.1) is 0 Å². The lowest BCUT2D eigenvalue weighted by Gasteiger charge is -2.22. The number of alkyl carbamates (subject to hydrolysis) is 1. The number of hydrogen-bond donors (Lipinski definition) is 3. The number of ether oxygens (including phenoxy) is 2. The van der Waals surface area contributed by atoms with Crippen LogP contribution in [0.1, 0.15) is 55.2 Å². The second-order valence-electron chi connectivity index (χ2n) is 9.96. The summed E-state index contributed by atoms with van der Waals surface area (Å²) in [5.41, 5.74) is 5.01. The summed E-state index contributed by atoms with van der Waals surface area (Å²) in [5, 5.41) is 14.4. The number of hydrogen-bond acceptors (Lipinski definition) is 6. The van der Waals surface area contributed by atoms with E-state index in [0.717, 1.165) is 27.8 Å². The minimum atomic E-state index is -1.32. The molecule has 2 amide bonds. The van der Waals surface area contributed by atoms with Crippen molar-refractivity contribution in [3.8, 4) is 11.1 Å². The van der Waals surface area contributed by atoms with Crippen LogP contribution in [0.2, 0.25) is 0 Å². The molecule has 0 bridgehead atoms. The maximum absolute atomic E-state index is 13.2. The van der Waals surface area contributed by atoms with E-state index in [1.54, 1.807) is 12.1 Å². The average molecular weight is 559 g/mol. The van der Waals surface area contributed by atoms with E-state index in [0.29, 0.717) is 12.8 Å². The molecular formula is C32H34N2O7. The normalized spacial score (nSPS) is 13.3. The van der Waals surface area contributed by atoms with Crippen LogP contribution in [0.4, 0.5) is 4.79 Å². The quantitative estimate of drug-likeness (QED) is 0.257. The van der Waals surface area contributed by atoms with Crippen molar-refractivity contribution in [1.29, 1.82) is 0 Å². The standard InChI is InChI=1S/C32H34N2O7/c1-2-10-22(17-29(35)36)33-31(38)28(18-30(37)40-19-21-11-4-3-5-12-21)34-32(39)41-20-27-25-15-8-6-13-23(25)24-14-7-9-16-26(24)27/h3-9,11-16,22,27-28H,2,10,17-20H2,1H3,(H,33,38)(H,34,39)(H,35,36)/t22?,28-/m0/s1. The number of esters is 1. The Hall–Kier alpha value is -4.66. The van der Waals surface area contributed by atoms with Crippen LogP contribution in [0.25, 0.3) is 11.1 Å². The van der Waals surface area contributed by atoms with Gasteiger partial charge in [-0.2, -0.15) is 0 Å². The molecule has 0 heterocycles. The number of carbonyl (C=O) groups excluding carboxylic acids is 3. The lowest BCUT2D eigenvalue weighted by atomic mass is 9.98. The van der Waals surface area contributed by atoms with Gasteiger partial charge in [0.1, 0.15) is 19.3 Å². The topological polar surface area (TPSA) is 131 Å². The fourth-order valence-corrected chi connectivity index (χ4v) is 5.04. The molecule has 3 aromatic carbocycles. The van der Waals surface area contributed by atoms with Gasteiger partial charge in [0.25, 0.3) is 0 Å². The first-order chi connectivity index (χ1) is 19.9. The van der Waals surface area contributed by atoms with Crippen molar-refractivity contribution in [3.05, 3.63) is 95.6 Å². The third-order valence-corrected chi connectivity index (χ3v) is 6.97. The Morgan fingerprint density at radius 1 is 0.805 bits per heavy atom. The average Bonchev–Trinajstić information content (AvgIpc) is 3.28. The van der Waals surface area contributed by atoms with Gasteiger partial charge in [0.2, 0.25) is 5.91 Å². The maximum Gasteiger partial charge on any atom is 0.407 e. The molecule has 0 radical (unpaired) electrons. The molecule has 0 spiro atoms. The number of aliphatic carboxylic acids is 1. The van der Waals surface area contributed by atoms with Crippen LogP contribution in [-0.2, 0) is 30.5 Å². The van der Waals surface area contributed by atoms with Gasteiger partial charge >= 0.3 is 18.0 Å². The first-order valence-electron chi connectivity index (χ1n) is 13.7. The summed E-state index contributed by atoms with van der Waals surface area (Å²) >= 11 is 0. The van der Waals surface area contributed by atoms with Crippen molar-refractivity contribution < 1.29 is 33.8 Å². The number of benzene rings is 3. The largest absolute Gasteiger partial charge is 0.481 e. The Morgan fingerprint density at radius 2 is 1.41 bits per heavy atom. The zero-order valence-electron chi connectivity index (χ0n) is 22.9. The van der Waals surface area contributed by atoms with Crippen LogP contribution >= 0.6 is 0 Å². The number of carboxylic acids is 1. The zero-order valence-corrected chi connectivity index (χ0v) is 22.9. The highest BCUT2D eigenvalue weighted by atomic mass is 16.5. The van der Waals surface area contributed by atoms with Crippen molar-refractivity contribution in [2.75, 3.05) is 6.61 Å². The van der Waals surface area contributed by atoms with E-state index >= 15 is 0 Å². The summed E-state index contributed by atoms with van der Waals surface area (Å²) < 4.78 is 10.9. The van der Waals surface area contributed by atoms with Gasteiger partial charge in [-0.05, 0) is 34.2 Å². The molecule has 0 aromatic heterocycles. The van der Waals surface area contributed by atoms with Gasteiger partial charge in [0.05, 0.1) is 12.8 Å². The molecule has 214 valence electrons. The summed E-state index contributed by atoms with van der Waals surface area (Å²) in [6, 6.07) is 22.9. The zero-order chi connectivity index (χ0) is 29.2. The predicted molar refractivity (Wildman–Crippen MR) is 152 cm³/mol. The lowest BCUT2D eigenvalue weighted by molar-refractivity contribution is -0.147. The van der Waals surface area contributed by atoms with Crippen molar-refractivity contribution in [2.24, 2.45) is 0 Å². The van der Waals surface area contributed by atoms with Crippen molar-refractivity contribution in [3.63, 3.8) is 0 Å². The maximum atomic E-state index is 13.2. The molecule has 0 aliphatic heterocycles. The van der Waals surface area contributed by atoms with Gasteiger partial charge in [0.15, 0.2) is 0 Å². The molecule has 1 aliphatic carbocycles. The first kappa shape index (κ1) is 29.3. The third-order valence-electron chi connectivity index (χ3n) is 6.97. The molecule has 41 heavy (non-hydrogen) atoms. The summed E-state index contributed by atoms with van der Waals surface area (Å²) in [7, 11) is 0. The number of rotatable bonds is 13. The Morgan fingerprint density at radius 3 is 2.02 bits per heavy atom. The highest BCUT2D eigenvalue weighted by Crippen LogP contribution is 2.44. The molecule has 4 rings (SSSR count). The molecule has 3 N–H and O–H groups in total. The van der Waals surface area contributed by atoms with Crippen molar-refractivity contribution in [1.82, 2.24) is 10.6 Å². The first-order valence-corrected chi connectivity index (χ1v) is 13.7. The molecule has 2 atom stereocenters. The van der Waals surface area contributed by atoms with Crippen molar-refractivity contribution >= 4 is 23.9 Å². The highest BCUT2D eigenvalue weighted by molar-refractivity contribution is 5.90. The van der Waals surface area contributed by atoms with E-state index in [1.165, 1.54) is 0 Å². The molecule has 0 saturated heterocycles. The van der Waals surface area contributed by atoms with Crippen LogP contribution in [0.3, 0.4) is 0 Å². The van der Waals surface area contributed by atoms with E-state index in [2.05, 4.69) is 10.6 Å². The molecule has 1 unspecified atom stereocenters.